The summed E-state index contributed by atoms with van der Waals surface area (Å²) in [5.74, 6) is 0.605. The summed E-state index contributed by atoms with van der Waals surface area (Å²) in [5.41, 5.74) is 1.40. The Bertz CT molecular complexity index is 211. The largest absolute Gasteiger partial charge is 0.103 e. The van der Waals surface area contributed by atoms with Crippen LogP contribution in [0.1, 0.15) is 38.7 Å². The van der Waals surface area contributed by atoms with Gasteiger partial charge >= 0.3 is 0 Å². The van der Waals surface area contributed by atoms with Crippen molar-refractivity contribution in [2.75, 3.05) is 0 Å². The molecule has 0 saturated heterocycles. The second-order valence-electron chi connectivity index (χ2n) is 2.84. The molecule has 72 valence electrons. The average Bonchev–Trinajstić information content (AvgIpc) is 2.23. The van der Waals surface area contributed by atoms with Crippen molar-refractivity contribution in [1.82, 2.24) is 0 Å². The summed E-state index contributed by atoms with van der Waals surface area (Å²) in [5, 5.41) is 0. The number of benzene rings is 1. The first-order valence-corrected chi connectivity index (χ1v) is 5.00. The van der Waals surface area contributed by atoms with Gasteiger partial charge in [0.2, 0.25) is 0 Å². The van der Waals surface area contributed by atoms with Crippen LogP contribution in [0, 0.1) is 0 Å². The lowest BCUT2D eigenvalue weighted by molar-refractivity contribution is 0.782. The molecular formula is C13H20. The normalized spacial score (nSPS) is 11.0. The summed E-state index contributed by atoms with van der Waals surface area (Å²) in [6.07, 6.45) is 3.03. The molecule has 0 spiro atoms. The molecule has 0 bridgehead atoms. The van der Waals surface area contributed by atoms with Crippen molar-refractivity contribution in [2.24, 2.45) is 0 Å². The van der Waals surface area contributed by atoms with E-state index in [4.69, 9.17) is 0 Å². The number of rotatable bonds is 3. The third kappa shape index (κ3) is 4.51. The van der Waals surface area contributed by atoms with Crippen LogP contribution in [-0.2, 0) is 0 Å². The maximum absolute atomic E-state index is 3.73. The summed E-state index contributed by atoms with van der Waals surface area (Å²) in [7, 11) is 0. The molecule has 0 nitrogen and oxygen atoms in total. The Morgan fingerprint density at radius 2 is 1.77 bits per heavy atom. The zero-order chi connectivity index (χ0) is 10.1. The molecule has 0 amide bonds. The minimum absolute atomic E-state index is 0.605. The van der Waals surface area contributed by atoms with Gasteiger partial charge in [0, 0.05) is 0 Å². The summed E-state index contributed by atoms with van der Waals surface area (Å²) in [4.78, 5) is 0. The van der Waals surface area contributed by atoms with Crippen molar-refractivity contribution in [3.63, 3.8) is 0 Å². The average molecular weight is 176 g/mol. The molecule has 0 heteroatoms. The Kier molecular flexibility index (Phi) is 6.99. The van der Waals surface area contributed by atoms with Gasteiger partial charge in [0.25, 0.3) is 0 Å². The minimum atomic E-state index is 0.605. The lowest BCUT2D eigenvalue weighted by Gasteiger charge is -2.07. The molecule has 1 aromatic rings. The Morgan fingerprint density at radius 1 is 1.23 bits per heavy atom. The highest BCUT2D eigenvalue weighted by Crippen LogP contribution is 2.17. The van der Waals surface area contributed by atoms with Crippen molar-refractivity contribution in [3.8, 4) is 0 Å². The molecule has 0 N–H and O–H groups in total. The Labute approximate surface area is 82.3 Å². The van der Waals surface area contributed by atoms with E-state index in [9.17, 15) is 0 Å². The summed E-state index contributed by atoms with van der Waals surface area (Å²) in [6.45, 7) is 9.95. The standard InChI is InChI=1S/C11H14.C2H6/c1-3-7-10(2)11-8-5-4-6-9-11;1-2/h3-6,8-10H,1,7H2,2H3;1-2H3. The molecule has 13 heavy (non-hydrogen) atoms. The molecule has 0 fully saturated rings. The lowest BCUT2D eigenvalue weighted by Crippen LogP contribution is -1.89. The van der Waals surface area contributed by atoms with E-state index in [2.05, 4.69) is 37.8 Å². The Balaban J connectivity index is 0.000000671. The summed E-state index contributed by atoms with van der Waals surface area (Å²) < 4.78 is 0. The van der Waals surface area contributed by atoms with Gasteiger partial charge in [0.15, 0.2) is 0 Å². The van der Waals surface area contributed by atoms with Crippen molar-refractivity contribution in [1.29, 1.82) is 0 Å². The fourth-order valence-corrected chi connectivity index (χ4v) is 1.17. The molecule has 0 saturated carbocycles. The molecule has 0 heterocycles. The predicted molar refractivity (Wildman–Crippen MR) is 61.0 cm³/mol. The summed E-state index contributed by atoms with van der Waals surface area (Å²) >= 11 is 0. The fourth-order valence-electron chi connectivity index (χ4n) is 1.17. The fraction of sp³-hybridized carbons (Fsp3) is 0.385. The maximum atomic E-state index is 3.73. The monoisotopic (exact) mass is 176 g/mol. The van der Waals surface area contributed by atoms with Crippen LogP contribution in [0.4, 0.5) is 0 Å². The van der Waals surface area contributed by atoms with Crippen LogP contribution >= 0.6 is 0 Å². The van der Waals surface area contributed by atoms with E-state index >= 15 is 0 Å². The highest BCUT2D eigenvalue weighted by Gasteiger charge is 2.00. The molecular weight excluding hydrogens is 156 g/mol. The zero-order valence-corrected chi connectivity index (χ0v) is 8.96. The molecule has 1 atom stereocenters. The van der Waals surface area contributed by atoms with Crippen LogP contribution in [0.5, 0.6) is 0 Å². The van der Waals surface area contributed by atoms with Crippen LogP contribution in [0.25, 0.3) is 0 Å². The summed E-state index contributed by atoms with van der Waals surface area (Å²) in [6, 6.07) is 10.5. The van der Waals surface area contributed by atoms with Gasteiger partial charge in [-0.25, -0.2) is 0 Å². The lowest BCUT2D eigenvalue weighted by atomic mass is 9.98. The van der Waals surface area contributed by atoms with E-state index in [1.807, 2.05) is 26.0 Å². The van der Waals surface area contributed by atoms with Gasteiger partial charge in [-0.2, -0.15) is 0 Å². The minimum Gasteiger partial charge on any atom is -0.103 e. The van der Waals surface area contributed by atoms with E-state index in [1.165, 1.54) is 5.56 Å². The van der Waals surface area contributed by atoms with Crippen LogP contribution in [-0.4, -0.2) is 0 Å². The van der Waals surface area contributed by atoms with Gasteiger partial charge in [-0.1, -0.05) is 57.2 Å². The molecule has 1 unspecified atom stereocenters. The molecule has 1 rings (SSSR count). The first kappa shape index (κ1) is 12.0. The highest BCUT2D eigenvalue weighted by atomic mass is 14.0. The van der Waals surface area contributed by atoms with Gasteiger partial charge in [-0.3, -0.25) is 0 Å². The number of allylic oxidation sites excluding steroid dienone is 1. The first-order chi connectivity index (χ1) is 6.34. The third-order valence-electron chi connectivity index (χ3n) is 1.89. The van der Waals surface area contributed by atoms with Crippen molar-refractivity contribution in [3.05, 3.63) is 48.6 Å². The second kappa shape index (κ2) is 7.60. The molecule has 0 aliphatic rings. The van der Waals surface area contributed by atoms with Crippen molar-refractivity contribution in [2.45, 2.75) is 33.1 Å². The van der Waals surface area contributed by atoms with Gasteiger partial charge in [0.05, 0.1) is 0 Å². The van der Waals surface area contributed by atoms with Crippen LogP contribution < -0.4 is 0 Å². The molecule has 0 aliphatic carbocycles. The van der Waals surface area contributed by atoms with Crippen LogP contribution in [0.2, 0.25) is 0 Å². The van der Waals surface area contributed by atoms with Crippen LogP contribution in [0.15, 0.2) is 43.0 Å². The molecule has 1 aromatic carbocycles. The first-order valence-electron chi connectivity index (χ1n) is 5.00. The molecule has 0 aliphatic heterocycles. The Hall–Kier alpha value is -1.04. The molecule has 0 aromatic heterocycles. The topological polar surface area (TPSA) is 0 Å². The van der Waals surface area contributed by atoms with Gasteiger partial charge < -0.3 is 0 Å². The van der Waals surface area contributed by atoms with E-state index in [-0.39, 0.29) is 0 Å². The molecule has 0 radical (unpaired) electrons. The van der Waals surface area contributed by atoms with E-state index in [1.54, 1.807) is 0 Å². The quantitative estimate of drug-likeness (QED) is 0.599. The zero-order valence-electron chi connectivity index (χ0n) is 8.96. The third-order valence-corrected chi connectivity index (χ3v) is 1.89. The van der Waals surface area contributed by atoms with Crippen molar-refractivity contribution >= 4 is 0 Å². The smallest absolute Gasteiger partial charge is 0.0156 e. The van der Waals surface area contributed by atoms with Gasteiger partial charge in [0.1, 0.15) is 0 Å². The predicted octanol–water partition coefficient (Wildman–Crippen LogP) is 4.39. The van der Waals surface area contributed by atoms with Gasteiger partial charge in [-0.15, -0.1) is 6.58 Å². The second-order valence-corrected chi connectivity index (χ2v) is 2.84. The maximum Gasteiger partial charge on any atom is -0.0156 e. The van der Waals surface area contributed by atoms with E-state index in [0.717, 1.165) is 6.42 Å². The number of hydrogen-bond donors (Lipinski definition) is 0. The highest BCUT2D eigenvalue weighted by molar-refractivity contribution is 5.19. The van der Waals surface area contributed by atoms with Crippen LogP contribution in [0.3, 0.4) is 0 Å². The van der Waals surface area contributed by atoms with Gasteiger partial charge in [-0.05, 0) is 17.9 Å². The number of hydrogen-bond acceptors (Lipinski definition) is 0. The Morgan fingerprint density at radius 3 is 2.23 bits per heavy atom. The van der Waals surface area contributed by atoms with E-state index in [0.29, 0.717) is 5.92 Å². The van der Waals surface area contributed by atoms with Crippen molar-refractivity contribution < 1.29 is 0 Å². The van der Waals surface area contributed by atoms with E-state index < -0.39 is 0 Å². The SMILES string of the molecule is C=CCC(C)c1ccccc1.CC.